The lowest BCUT2D eigenvalue weighted by Crippen LogP contribution is -2.35. The van der Waals surface area contributed by atoms with Crippen molar-refractivity contribution in [2.24, 2.45) is 0 Å². The van der Waals surface area contributed by atoms with Crippen molar-refractivity contribution in [3.8, 4) is 0 Å². The van der Waals surface area contributed by atoms with Gasteiger partial charge in [-0.15, -0.1) is 11.3 Å². The molecular formula is C13H19NO3S. The van der Waals surface area contributed by atoms with Gasteiger partial charge in [0, 0.05) is 11.4 Å². The molecule has 0 aliphatic rings. The van der Waals surface area contributed by atoms with Gasteiger partial charge in [-0.25, -0.2) is 0 Å². The predicted molar refractivity (Wildman–Crippen MR) is 71.9 cm³/mol. The van der Waals surface area contributed by atoms with E-state index in [1.807, 2.05) is 19.1 Å². The topological polar surface area (TPSA) is 46.6 Å². The molecule has 0 unspecified atom stereocenters. The summed E-state index contributed by atoms with van der Waals surface area (Å²) in [7, 11) is 0. The Bertz CT molecular complexity index is 414. The molecule has 1 amide bonds. The number of hydrogen-bond acceptors (Lipinski definition) is 4. The molecule has 1 heterocycles. The third-order valence-electron chi connectivity index (χ3n) is 2.52. The van der Waals surface area contributed by atoms with Crippen molar-refractivity contribution in [3.63, 3.8) is 0 Å². The molecule has 1 aromatic rings. The third kappa shape index (κ3) is 3.84. The fourth-order valence-corrected chi connectivity index (χ4v) is 2.44. The minimum Gasteiger partial charge on any atom is -0.465 e. The lowest BCUT2D eigenvalue weighted by Gasteiger charge is -2.18. The second kappa shape index (κ2) is 7.16. The molecule has 100 valence electrons. The van der Waals surface area contributed by atoms with E-state index >= 15 is 0 Å². The number of esters is 1. The number of carbonyl (C=O) groups is 2. The Balaban J connectivity index is 2.69. The molecule has 0 aromatic carbocycles. The Labute approximate surface area is 112 Å². The van der Waals surface area contributed by atoms with Crippen molar-refractivity contribution in [2.45, 2.75) is 27.2 Å². The highest BCUT2D eigenvalue weighted by atomic mass is 32.1. The number of amides is 1. The Morgan fingerprint density at radius 3 is 2.50 bits per heavy atom. The van der Waals surface area contributed by atoms with Crippen molar-refractivity contribution in [2.75, 3.05) is 19.7 Å². The van der Waals surface area contributed by atoms with Gasteiger partial charge >= 0.3 is 5.97 Å². The van der Waals surface area contributed by atoms with Gasteiger partial charge in [-0.2, -0.15) is 0 Å². The molecule has 0 saturated heterocycles. The van der Waals surface area contributed by atoms with Gasteiger partial charge in [-0.1, -0.05) is 6.92 Å². The van der Waals surface area contributed by atoms with Crippen LogP contribution in [0.5, 0.6) is 0 Å². The normalized spacial score (nSPS) is 10.2. The maximum atomic E-state index is 12.2. The molecule has 5 heteroatoms. The zero-order chi connectivity index (χ0) is 13.5. The number of carbonyl (C=O) groups excluding carboxylic acids is 2. The Hall–Kier alpha value is -1.36. The van der Waals surface area contributed by atoms with Gasteiger partial charge in [0.15, 0.2) is 0 Å². The van der Waals surface area contributed by atoms with Crippen LogP contribution in [0.2, 0.25) is 0 Å². The monoisotopic (exact) mass is 269 g/mol. The SMILES string of the molecule is CCOC(=O)CN(CC)C(=O)c1ccc(CC)s1. The quantitative estimate of drug-likeness (QED) is 0.745. The van der Waals surface area contributed by atoms with E-state index < -0.39 is 0 Å². The maximum Gasteiger partial charge on any atom is 0.325 e. The second-order valence-corrected chi connectivity index (χ2v) is 4.91. The Morgan fingerprint density at radius 2 is 2.00 bits per heavy atom. The number of ether oxygens (including phenoxy) is 1. The van der Waals surface area contributed by atoms with Crippen molar-refractivity contribution < 1.29 is 14.3 Å². The van der Waals surface area contributed by atoms with E-state index in [1.54, 1.807) is 6.92 Å². The maximum absolute atomic E-state index is 12.2. The van der Waals surface area contributed by atoms with Crippen LogP contribution in [0.15, 0.2) is 12.1 Å². The van der Waals surface area contributed by atoms with Crippen LogP contribution in [0.4, 0.5) is 0 Å². The summed E-state index contributed by atoms with van der Waals surface area (Å²) in [5.41, 5.74) is 0. The first-order valence-corrected chi connectivity index (χ1v) is 6.97. The van der Waals surface area contributed by atoms with E-state index in [0.717, 1.165) is 6.42 Å². The van der Waals surface area contributed by atoms with Crippen LogP contribution in [0.25, 0.3) is 0 Å². The summed E-state index contributed by atoms with van der Waals surface area (Å²) < 4.78 is 4.86. The molecule has 18 heavy (non-hydrogen) atoms. The van der Waals surface area contributed by atoms with Crippen LogP contribution in [0, 0.1) is 0 Å². The number of nitrogens with zero attached hydrogens (tertiary/aromatic N) is 1. The van der Waals surface area contributed by atoms with Crippen LogP contribution in [-0.2, 0) is 16.0 Å². The van der Waals surface area contributed by atoms with E-state index in [0.29, 0.717) is 18.0 Å². The first-order chi connectivity index (χ1) is 8.62. The van der Waals surface area contributed by atoms with Gasteiger partial charge < -0.3 is 9.64 Å². The molecule has 0 spiro atoms. The highest BCUT2D eigenvalue weighted by Crippen LogP contribution is 2.18. The molecule has 0 saturated carbocycles. The molecule has 0 aliphatic carbocycles. The Morgan fingerprint density at radius 1 is 1.28 bits per heavy atom. The fourth-order valence-electron chi connectivity index (χ4n) is 1.53. The van der Waals surface area contributed by atoms with E-state index in [-0.39, 0.29) is 18.4 Å². The van der Waals surface area contributed by atoms with Crippen molar-refractivity contribution in [3.05, 3.63) is 21.9 Å². The van der Waals surface area contributed by atoms with Gasteiger partial charge in [0.2, 0.25) is 0 Å². The second-order valence-electron chi connectivity index (χ2n) is 3.74. The number of thiophene rings is 1. The number of likely N-dealkylation sites (N-methyl/N-ethyl adjacent to an activating group) is 1. The van der Waals surface area contributed by atoms with Gasteiger partial charge in [0.25, 0.3) is 5.91 Å². The lowest BCUT2D eigenvalue weighted by atomic mass is 10.3. The van der Waals surface area contributed by atoms with E-state index in [2.05, 4.69) is 6.92 Å². The smallest absolute Gasteiger partial charge is 0.325 e. The lowest BCUT2D eigenvalue weighted by molar-refractivity contribution is -0.143. The molecule has 0 aliphatic heterocycles. The average Bonchev–Trinajstić information content (AvgIpc) is 2.84. The Kier molecular flexibility index (Phi) is 5.85. The van der Waals surface area contributed by atoms with Crippen molar-refractivity contribution in [1.82, 2.24) is 4.90 Å². The number of rotatable bonds is 6. The zero-order valence-electron chi connectivity index (χ0n) is 11.1. The van der Waals surface area contributed by atoms with Crippen molar-refractivity contribution in [1.29, 1.82) is 0 Å². The standard InChI is InChI=1S/C13H19NO3S/c1-4-10-7-8-11(18-10)13(16)14(5-2)9-12(15)17-6-3/h7-8H,4-6,9H2,1-3H3. The summed E-state index contributed by atoms with van der Waals surface area (Å²) in [5.74, 6) is -0.463. The van der Waals surface area contributed by atoms with Crippen molar-refractivity contribution >= 4 is 23.2 Å². The molecule has 1 rings (SSSR count). The summed E-state index contributed by atoms with van der Waals surface area (Å²) in [6.45, 7) is 6.51. The van der Waals surface area contributed by atoms with E-state index in [1.165, 1.54) is 21.1 Å². The predicted octanol–water partition coefficient (Wildman–Crippen LogP) is 2.34. The summed E-state index contributed by atoms with van der Waals surface area (Å²) in [6, 6.07) is 3.77. The summed E-state index contributed by atoms with van der Waals surface area (Å²) in [5, 5.41) is 0. The summed E-state index contributed by atoms with van der Waals surface area (Å²) in [6.07, 6.45) is 0.919. The van der Waals surface area contributed by atoms with Gasteiger partial charge in [-0.3, -0.25) is 9.59 Å². The van der Waals surface area contributed by atoms with Crippen LogP contribution in [0.3, 0.4) is 0 Å². The molecule has 0 atom stereocenters. The van der Waals surface area contributed by atoms with E-state index in [9.17, 15) is 9.59 Å². The van der Waals surface area contributed by atoms with Gasteiger partial charge in [0.05, 0.1) is 11.5 Å². The van der Waals surface area contributed by atoms with Crippen LogP contribution >= 0.6 is 11.3 Å². The molecule has 4 nitrogen and oxygen atoms in total. The minimum atomic E-state index is -0.361. The molecule has 0 fully saturated rings. The third-order valence-corrected chi connectivity index (χ3v) is 3.73. The minimum absolute atomic E-state index is 0.0164. The van der Waals surface area contributed by atoms with Crippen LogP contribution < -0.4 is 0 Å². The average molecular weight is 269 g/mol. The highest BCUT2D eigenvalue weighted by molar-refractivity contribution is 7.14. The van der Waals surface area contributed by atoms with Crippen LogP contribution in [-0.4, -0.2) is 36.5 Å². The summed E-state index contributed by atoms with van der Waals surface area (Å²) in [4.78, 5) is 26.9. The molecule has 0 radical (unpaired) electrons. The molecule has 1 aromatic heterocycles. The zero-order valence-corrected chi connectivity index (χ0v) is 11.9. The van der Waals surface area contributed by atoms with E-state index in [4.69, 9.17) is 4.74 Å². The molecule has 0 bridgehead atoms. The van der Waals surface area contributed by atoms with Gasteiger partial charge in [-0.05, 0) is 32.4 Å². The number of hydrogen-bond donors (Lipinski definition) is 0. The van der Waals surface area contributed by atoms with Gasteiger partial charge in [0.1, 0.15) is 6.54 Å². The first-order valence-electron chi connectivity index (χ1n) is 6.15. The number of aryl methyl sites for hydroxylation is 1. The van der Waals surface area contributed by atoms with Crippen LogP contribution in [0.1, 0.15) is 35.3 Å². The first kappa shape index (κ1) is 14.7. The largest absolute Gasteiger partial charge is 0.465 e. The molecule has 0 N–H and O–H groups in total. The molecular weight excluding hydrogens is 250 g/mol. The fraction of sp³-hybridized carbons (Fsp3) is 0.538. The highest BCUT2D eigenvalue weighted by Gasteiger charge is 2.19. The summed E-state index contributed by atoms with van der Waals surface area (Å²) >= 11 is 1.48.